The van der Waals surface area contributed by atoms with Crippen molar-refractivity contribution in [2.24, 2.45) is 0 Å². The van der Waals surface area contributed by atoms with E-state index in [1.54, 1.807) is 12.0 Å². The molecule has 3 aromatic carbocycles. The van der Waals surface area contributed by atoms with Crippen LogP contribution in [0, 0.1) is 5.82 Å². The summed E-state index contributed by atoms with van der Waals surface area (Å²) in [6.07, 6.45) is 0. The topological polar surface area (TPSA) is 101 Å². The molecule has 200 valence electrons. The summed E-state index contributed by atoms with van der Waals surface area (Å²) in [6.45, 7) is 2.50. The molecule has 0 saturated carbocycles. The first kappa shape index (κ1) is 26.2. The summed E-state index contributed by atoms with van der Waals surface area (Å²) in [5.74, 6) is 0.580. The maximum absolute atomic E-state index is 13.1. The van der Waals surface area contributed by atoms with Gasteiger partial charge in [-0.05, 0) is 72.8 Å². The SMILES string of the molecule is COc1ccc(-c2nnc(SCC(=O)Nc3ccc(N4CCN(C(=O)c5ccc(F)cc5)CC4)cc3)o2)cc1. The van der Waals surface area contributed by atoms with Gasteiger partial charge in [0.2, 0.25) is 11.8 Å². The smallest absolute Gasteiger partial charge is 0.277 e. The summed E-state index contributed by atoms with van der Waals surface area (Å²) < 4.78 is 23.9. The standard InChI is InChI=1S/C28H26FN5O4S/c1-37-24-12-4-19(5-13-24)26-31-32-28(38-26)39-18-25(35)30-22-8-10-23(11-9-22)33-14-16-34(17-15-33)27(36)20-2-6-21(29)7-3-20/h2-13H,14-18H2,1H3,(H,30,35). The number of anilines is 2. The number of rotatable bonds is 8. The molecule has 1 aliphatic rings. The van der Waals surface area contributed by atoms with Crippen molar-refractivity contribution in [3.8, 4) is 17.2 Å². The van der Waals surface area contributed by atoms with Crippen LogP contribution in [0.1, 0.15) is 10.4 Å². The largest absolute Gasteiger partial charge is 0.497 e. The number of methoxy groups -OCH3 is 1. The van der Waals surface area contributed by atoms with Crippen molar-refractivity contribution in [1.29, 1.82) is 0 Å². The van der Waals surface area contributed by atoms with E-state index in [0.29, 0.717) is 48.5 Å². The van der Waals surface area contributed by atoms with Crippen molar-refractivity contribution < 1.29 is 23.1 Å². The molecule has 9 nitrogen and oxygen atoms in total. The molecule has 39 heavy (non-hydrogen) atoms. The lowest BCUT2D eigenvalue weighted by Gasteiger charge is -2.36. The third-order valence-corrected chi connectivity index (χ3v) is 7.06. The number of nitrogens with one attached hydrogen (secondary N) is 1. The van der Waals surface area contributed by atoms with Gasteiger partial charge in [-0.1, -0.05) is 11.8 Å². The minimum atomic E-state index is -0.360. The summed E-state index contributed by atoms with van der Waals surface area (Å²) in [6, 6.07) is 20.5. The average Bonchev–Trinajstić information content (AvgIpc) is 3.46. The lowest BCUT2D eigenvalue weighted by atomic mass is 10.1. The summed E-state index contributed by atoms with van der Waals surface area (Å²) in [7, 11) is 1.60. The van der Waals surface area contributed by atoms with Crippen molar-refractivity contribution in [2.45, 2.75) is 5.22 Å². The Morgan fingerprint density at radius 2 is 1.64 bits per heavy atom. The molecule has 0 spiro atoms. The van der Waals surface area contributed by atoms with Crippen molar-refractivity contribution >= 4 is 35.0 Å². The molecule has 4 aromatic rings. The molecule has 1 fully saturated rings. The van der Waals surface area contributed by atoms with Crippen LogP contribution in [-0.2, 0) is 4.79 Å². The highest BCUT2D eigenvalue weighted by atomic mass is 32.2. The number of halogens is 1. The summed E-state index contributed by atoms with van der Waals surface area (Å²) >= 11 is 1.16. The second-order valence-electron chi connectivity index (χ2n) is 8.77. The molecular formula is C28H26FN5O4S. The van der Waals surface area contributed by atoms with E-state index in [0.717, 1.165) is 28.8 Å². The number of carbonyl (C=O) groups is 2. The van der Waals surface area contributed by atoms with Crippen LogP contribution in [0.4, 0.5) is 15.8 Å². The van der Waals surface area contributed by atoms with Gasteiger partial charge in [-0.3, -0.25) is 9.59 Å². The van der Waals surface area contributed by atoms with Crippen LogP contribution in [-0.4, -0.2) is 66.0 Å². The number of aromatic nitrogens is 2. The van der Waals surface area contributed by atoms with Crippen molar-refractivity contribution in [1.82, 2.24) is 15.1 Å². The lowest BCUT2D eigenvalue weighted by molar-refractivity contribution is -0.113. The molecule has 0 atom stereocenters. The number of thioether (sulfide) groups is 1. The molecule has 2 heterocycles. The summed E-state index contributed by atoms with van der Waals surface area (Å²) in [4.78, 5) is 29.1. The van der Waals surface area contributed by atoms with Gasteiger partial charge in [-0.15, -0.1) is 10.2 Å². The maximum atomic E-state index is 13.1. The third-order valence-electron chi connectivity index (χ3n) is 6.24. The van der Waals surface area contributed by atoms with E-state index in [9.17, 15) is 14.0 Å². The average molecular weight is 548 g/mol. The fourth-order valence-electron chi connectivity index (χ4n) is 4.14. The van der Waals surface area contributed by atoms with E-state index in [2.05, 4.69) is 20.4 Å². The van der Waals surface area contributed by atoms with Gasteiger partial charge in [0.15, 0.2) is 0 Å². The monoisotopic (exact) mass is 547 g/mol. The van der Waals surface area contributed by atoms with E-state index in [-0.39, 0.29) is 23.4 Å². The first-order valence-corrected chi connectivity index (χ1v) is 13.3. The van der Waals surface area contributed by atoms with Gasteiger partial charge < -0.3 is 24.3 Å². The Bertz CT molecular complexity index is 1420. The van der Waals surface area contributed by atoms with Gasteiger partial charge in [-0.25, -0.2) is 4.39 Å². The van der Waals surface area contributed by atoms with Crippen molar-refractivity contribution in [3.63, 3.8) is 0 Å². The van der Waals surface area contributed by atoms with Crippen LogP contribution < -0.4 is 15.0 Å². The van der Waals surface area contributed by atoms with Crippen LogP contribution in [0.3, 0.4) is 0 Å². The zero-order chi connectivity index (χ0) is 27.2. The van der Waals surface area contributed by atoms with Gasteiger partial charge in [0, 0.05) is 48.7 Å². The molecule has 1 aromatic heterocycles. The maximum Gasteiger partial charge on any atom is 0.277 e. The van der Waals surface area contributed by atoms with Crippen LogP contribution in [0.15, 0.2) is 82.4 Å². The molecule has 2 amide bonds. The zero-order valence-electron chi connectivity index (χ0n) is 21.2. The van der Waals surface area contributed by atoms with Crippen LogP contribution in [0.5, 0.6) is 5.75 Å². The minimum absolute atomic E-state index is 0.0944. The lowest BCUT2D eigenvalue weighted by Crippen LogP contribution is -2.48. The molecular weight excluding hydrogens is 521 g/mol. The fourth-order valence-corrected chi connectivity index (χ4v) is 4.70. The summed E-state index contributed by atoms with van der Waals surface area (Å²) in [5.41, 5.74) is 2.94. The number of ether oxygens (including phenoxy) is 1. The third kappa shape index (κ3) is 6.55. The van der Waals surface area contributed by atoms with Gasteiger partial charge in [0.25, 0.3) is 11.1 Å². The molecule has 1 aliphatic heterocycles. The first-order chi connectivity index (χ1) is 19.0. The number of carbonyl (C=O) groups excluding carboxylic acids is 2. The van der Waals surface area contributed by atoms with E-state index < -0.39 is 0 Å². The second-order valence-corrected chi connectivity index (χ2v) is 9.70. The number of amides is 2. The zero-order valence-corrected chi connectivity index (χ0v) is 22.0. The second kappa shape index (κ2) is 12.0. The molecule has 0 unspecified atom stereocenters. The molecule has 0 radical (unpaired) electrons. The van der Waals surface area contributed by atoms with E-state index in [1.165, 1.54) is 24.3 Å². The molecule has 11 heteroatoms. The highest BCUT2D eigenvalue weighted by molar-refractivity contribution is 7.99. The van der Waals surface area contributed by atoms with Gasteiger partial charge in [0.05, 0.1) is 12.9 Å². The quantitative estimate of drug-likeness (QED) is 0.320. The first-order valence-electron chi connectivity index (χ1n) is 12.3. The number of hydrogen-bond donors (Lipinski definition) is 1. The molecule has 1 N–H and O–H groups in total. The van der Waals surface area contributed by atoms with Gasteiger partial charge in [-0.2, -0.15) is 0 Å². The molecule has 1 saturated heterocycles. The highest BCUT2D eigenvalue weighted by Gasteiger charge is 2.22. The normalized spacial score (nSPS) is 13.3. The van der Waals surface area contributed by atoms with Gasteiger partial charge in [0.1, 0.15) is 11.6 Å². The van der Waals surface area contributed by atoms with Crippen LogP contribution >= 0.6 is 11.8 Å². The van der Waals surface area contributed by atoms with Crippen LogP contribution in [0.2, 0.25) is 0 Å². The Morgan fingerprint density at radius 3 is 2.31 bits per heavy atom. The molecule has 5 rings (SSSR count). The van der Waals surface area contributed by atoms with Gasteiger partial charge >= 0.3 is 0 Å². The van der Waals surface area contributed by atoms with E-state index >= 15 is 0 Å². The van der Waals surface area contributed by atoms with Crippen LogP contribution in [0.25, 0.3) is 11.5 Å². The number of piperazine rings is 1. The Balaban J connectivity index is 1.08. The van der Waals surface area contributed by atoms with E-state index in [1.807, 2.05) is 48.5 Å². The highest BCUT2D eigenvalue weighted by Crippen LogP contribution is 2.25. The van der Waals surface area contributed by atoms with Crippen molar-refractivity contribution in [2.75, 3.05) is 49.3 Å². The Hall–Kier alpha value is -4.38. The van der Waals surface area contributed by atoms with E-state index in [4.69, 9.17) is 9.15 Å². The van der Waals surface area contributed by atoms with Crippen molar-refractivity contribution in [3.05, 3.63) is 84.2 Å². The molecule has 0 aliphatic carbocycles. The fraction of sp³-hybridized carbons (Fsp3) is 0.214. The predicted molar refractivity (Wildman–Crippen MR) is 147 cm³/mol. The molecule has 0 bridgehead atoms. The number of hydrogen-bond acceptors (Lipinski definition) is 8. The predicted octanol–water partition coefficient (Wildman–Crippen LogP) is 4.58. The Labute approximate surface area is 229 Å². The Morgan fingerprint density at radius 1 is 0.949 bits per heavy atom. The number of nitrogens with zero attached hydrogens (tertiary/aromatic N) is 4. The summed E-state index contributed by atoms with van der Waals surface area (Å²) in [5, 5.41) is 11.2. The minimum Gasteiger partial charge on any atom is -0.497 e. The number of benzene rings is 3. The Kier molecular flexibility index (Phi) is 8.07.